The van der Waals surface area contributed by atoms with Gasteiger partial charge >= 0.3 is 0 Å². The lowest BCUT2D eigenvalue weighted by molar-refractivity contribution is -0.0838. The second kappa shape index (κ2) is 5.48. The molecular formula is C16H21N3O. The standard InChI is InChI=1S/C16H21N3O/c1-20-16(7-3-8-16)11-15(19-17)13-6-5-12-4-2-9-18-14(12)10-13/h2,4-6,9-10,15,19H,3,7-8,11,17H2,1H3. The summed E-state index contributed by atoms with van der Waals surface area (Å²) in [6, 6.07) is 10.5. The monoisotopic (exact) mass is 271 g/mol. The maximum absolute atomic E-state index is 5.76. The molecule has 1 unspecified atom stereocenters. The molecule has 1 heterocycles. The van der Waals surface area contributed by atoms with Crippen molar-refractivity contribution in [3.63, 3.8) is 0 Å². The Kier molecular flexibility index (Phi) is 3.70. The molecule has 1 aliphatic rings. The summed E-state index contributed by atoms with van der Waals surface area (Å²) in [5.41, 5.74) is 5.10. The maximum atomic E-state index is 5.76. The molecule has 1 aromatic carbocycles. The van der Waals surface area contributed by atoms with Crippen LogP contribution in [0, 0.1) is 0 Å². The molecule has 0 spiro atoms. The Labute approximate surface area is 119 Å². The van der Waals surface area contributed by atoms with Crippen molar-refractivity contribution in [2.75, 3.05) is 7.11 Å². The zero-order valence-corrected chi connectivity index (χ0v) is 11.8. The highest BCUT2D eigenvalue weighted by Gasteiger charge is 2.39. The van der Waals surface area contributed by atoms with E-state index < -0.39 is 0 Å². The van der Waals surface area contributed by atoms with E-state index in [1.54, 1.807) is 7.11 Å². The molecule has 3 rings (SSSR count). The quantitative estimate of drug-likeness (QED) is 0.648. The largest absolute Gasteiger partial charge is 0.378 e. The number of hydrogen-bond acceptors (Lipinski definition) is 4. The summed E-state index contributed by atoms with van der Waals surface area (Å²) in [5, 5.41) is 1.15. The van der Waals surface area contributed by atoms with Crippen LogP contribution in [0.5, 0.6) is 0 Å². The molecular weight excluding hydrogens is 250 g/mol. The lowest BCUT2D eigenvalue weighted by Crippen LogP contribution is -2.44. The summed E-state index contributed by atoms with van der Waals surface area (Å²) in [6.45, 7) is 0. The molecule has 2 aromatic rings. The fourth-order valence-electron chi connectivity index (χ4n) is 3.01. The topological polar surface area (TPSA) is 60.2 Å². The molecule has 4 nitrogen and oxygen atoms in total. The molecule has 1 fully saturated rings. The highest BCUT2D eigenvalue weighted by atomic mass is 16.5. The maximum Gasteiger partial charge on any atom is 0.0705 e. The predicted molar refractivity (Wildman–Crippen MR) is 80.0 cm³/mol. The first-order valence-electron chi connectivity index (χ1n) is 7.12. The molecule has 0 radical (unpaired) electrons. The molecule has 3 N–H and O–H groups in total. The third kappa shape index (κ3) is 2.42. The highest BCUT2D eigenvalue weighted by Crippen LogP contribution is 2.41. The zero-order chi connectivity index (χ0) is 14.0. The van der Waals surface area contributed by atoms with Gasteiger partial charge in [-0.05, 0) is 43.4 Å². The smallest absolute Gasteiger partial charge is 0.0705 e. The van der Waals surface area contributed by atoms with Crippen molar-refractivity contribution < 1.29 is 4.74 Å². The van der Waals surface area contributed by atoms with Crippen molar-refractivity contribution >= 4 is 10.9 Å². The third-order valence-electron chi connectivity index (χ3n) is 4.51. The molecule has 1 atom stereocenters. The van der Waals surface area contributed by atoms with E-state index in [-0.39, 0.29) is 11.6 Å². The number of hydrogen-bond donors (Lipinski definition) is 2. The van der Waals surface area contributed by atoms with Crippen LogP contribution in [0.3, 0.4) is 0 Å². The number of methoxy groups -OCH3 is 1. The Morgan fingerprint density at radius 1 is 1.40 bits per heavy atom. The number of nitrogens with one attached hydrogen (secondary N) is 1. The van der Waals surface area contributed by atoms with Crippen molar-refractivity contribution in [3.05, 3.63) is 42.1 Å². The minimum Gasteiger partial charge on any atom is -0.378 e. The Morgan fingerprint density at radius 2 is 2.25 bits per heavy atom. The molecule has 1 aromatic heterocycles. The molecule has 0 bridgehead atoms. The zero-order valence-electron chi connectivity index (χ0n) is 11.8. The predicted octanol–water partition coefficient (Wildman–Crippen LogP) is 2.70. The van der Waals surface area contributed by atoms with Crippen molar-refractivity contribution in [1.29, 1.82) is 0 Å². The minimum atomic E-state index is -0.00386. The average molecular weight is 271 g/mol. The van der Waals surface area contributed by atoms with E-state index in [2.05, 4.69) is 34.7 Å². The van der Waals surface area contributed by atoms with Crippen LogP contribution in [-0.2, 0) is 4.74 Å². The molecule has 4 heteroatoms. The van der Waals surface area contributed by atoms with Crippen molar-refractivity contribution in [2.24, 2.45) is 5.84 Å². The van der Waals surface area contributed by atoms with Crippen LogP contribution in [0.25, 0.3) is 10.9 Å². The molecule has 20 heavy (non-hydrogen) atoms. The van der Waals surface area contributed by atoms with Gasteiger partial charge in [-0.2, -0.15) is 0 Å². The lowest BCUT2D eigenvalue weighted by atomic mass is 9.75. The fraction of sp³-hybridized carbons (Fsp3) is 0.438. The van der Waals surface area contributed by atoms with Gasteiger partial charge in [0.05, 0.1) is 11.1 Å². The van der Waals surface area contributed by atoms with Crippen LogP contribution < -0.4 is 11.3 Å². The Morgan fingerprint density at radius 3 is 2.90 bits per heavy atom. The van der Waals surface area contributed by atoms with Crippen molar-refractivity contribution in [1.82, 2.24) is 10.4 Å². The SMILES string of the molecule is COC1(CC(NN)c2ccc3cccnc3c2)CCC1. The second-order valence-electron chi connectivity index (χ2n) is 5.62. The number of rotatable bonds is 5. The summed E-state index contributed by atoms with van der Waals surface area (Å²) in [5.74, 6) is 5.76. The van der Waals surface area contributed by atoms with Gasteiger partial charge in [0.25, 0.3) is 0 Å². The lowest BCUT2D eigenvalue weighted by Gasteiger charge is -2.42. The van der Waals surface area contributed by atoms with E-state index in [0.717, 1.165) is 30.2 Å². The van der Waals surface area contributed by atoms with Crippen LogP contribution in [0.2, 0.25) is 0 Å². The van der Waals surface area contributed by atoms with E-state index >= 15 is 0 Å². The van der Waals surface area contributed by atoms with E-state index in [0.29, 0.717) is 0 Å². The summed E-state index contributed by atoms with van der Waals surface area (Å²) in [7, 11) is 1.80. The number of aromatic nitrogens is 1. The van der Waals surface area contributed by atoms with Gasteiger partial charge in [0.2, 0.25) is 0 Å². The first-order chi connectivity index (χ1) is 9.76. The summed E-state index contributed by atoms with van der Waals surface area (Å²) in [6.07, 6.45) is 6.20. The van der Waals surface area contributed by atoms with Crippen LogP contribution in [0.4, 0.5) is 0 Å². The number of ether oxygens (including phenoxy) is 1. The highest BCUT2D eigenvalue weighted by molar-refractivity contribution is 5.78. The molecule has 0 amide bonds. The molecule has 106 valence electrons. The number of benzene rings is 1. The Bertz CT molecular complexity index is 590. The number of hydrazine groups is 1. The van der Waals surface area contributed by atoms with Gasteiger partial charge in [-0.1, -0.05) is 18.2 Å². The number of nitrogens with two attached hydrogens (primary N) is 1. The van der Waals surface area contributed by atoms with E-state index in [1.807, 2.05) is 12.3 Å². The van der Waals surface area contributed by atoms with Crippen LogP contribution in [-0.4, -0.2) is 17.7 Å². The summed E-state index contributed by atoms with van der Waals surface area (Å²) in [4.78, 5) is 4.41. The van der Waals surface area contributed by atoms with Gasteiger partial charge in [-0.3, -0.25) is 16.3 Å². The van der Waals surface area contributed by atoms with Gasteiger partial charge in [0.1, 0.15) is 0 Å². The van der Waals surface area contributed by atoms with Gasteiger partial charge in [0, 0.05) is 24.7 Å². The molecule has 0 aliphatic heterocycles. The van der Waals surface area contributed by atoms with Crippen molar-refractivity contribution in [3.8, 4) is 0 Å². The molecule has 0 saturated heterocycles. The van der Waals surface area contributed by atoms with E-state index in [1.165, 1.54) is 12.0 Å². The molecule has 1 aliphatic carbocycles. The summed E-state index contributed by atoms with van der Waals surface area (Å²) < 4.78 is 5.70. The van der Waals surface area contributed by atoms with Crippen LogP contribution >= 0.6 is 0 Å². The minimum absolute atomic E-state index is 0.00386. The summed E-state index contributed by atoms with van der Waals surface area (Å²) >= 11 is 0. The first kappa shape index (κ1) is 13.5. The van der Waals surface area contributed by atoms with Gasteiger partial charge in [-0.25, -0.2) is 0 Å². The van der Waals surface area contributed by atoms with E-state index in [9.17, 15) is 0 Å². The fourth-order valence-corrected chi connectivity index (χ4v) is 3.01. The average Bonchev–Trinajstić information content (AvgIpc) is 2.46. The number of nitrogens with zero attached hydrogens (tertiary/aromatic N) is 1. The van der Waals surface area contributed by atoms with E-state index in [4.69, 9.17) is 10.6 Å². The third-order valence-corrected chi connectivity index (χ3v) is 4.51. The second-order valence-corrected chi connectivity index (χ2v) is 5.62. The molecule has 1 saturated carbocycles. The van der Waals surface area contributed by atoms with Gasteiger partial charge < -0.3 is 4.74 Å². The first-order valence-corrected chi connectivity index (χ1v) is 7.12. The Hall–Kier alpha value is -1.49. The Balaban J connectivity index is 1.87. The van der Waals surface area contributed by atoms with Gasteiger partial charge in [0.15, 0.2) is 0 Å². The number of pyridine rings is 1. The van der Waals surface area contributed by atoms with Gasteiger partial charge in [-0.15, -0.1) is 0 Å². The van der Waals surface area contributed by atoms with Crippen molar-refractivity contribution in [2.45, 2.75) is 37.3 Å². The van der Waals surface area contributed by atoms with Crippen LogP contribution in [0.1, 0.15) is 37.3 Å². The number of fused-ring (bicyclic) bond motifs is 1. The normalized spacial score (nSPS) is 18.7. The van der Waals surface area contributed by atoms with Crippen LogP contribution in [0.15, 0.2) is 36.5 Å².